The molecule has 1 atom stereocenters. The van der Waals surface area contributed by atoms with Crippen molar-refractivity contribution in [2.45, 2.75) is 12.8 Å². The van der Waals surface area contributed by atoms with Crippen molar-refractivity contribution in [1.82, 2.24) is 9.88 Å². The Morgan fingerprint density at radius 3 is 3.00 bits per heavy atom. The van der Waals surface area contributed by atoms with E-state index in [1.54, 1.807) is 4.90 Å². The summed E-state index contributed by atoms with van der Waals surface area (Å²) in [4.78, 5) is 27.3. The largest absolute Gasteiger partial charge is 0.494 e. The molecule has 0 bridgehead atoms. The summed E-state index contributed by atoms with van der Waals surface area (Å²) in [7, 11) is 0. The minimum absolute atomic E-state index is 0.217. The Bertz CT molecular complexity index is 498. The smallest absolute Gasteiger partial charge is 0.254 e. The Morgan fingerprint density at radius 2 is 2.33 bits per heavy atom. The van der Waals surface area contributed by atoms with Gasteiger partial charge in [0.15, 0.2) is 5.88 Å². The van der Waals surface area contributed by atoms with Gasteiger partial charge in [0.05, 0.1) is 5.56 Å². The number of aromatic amines is 1. The van der Waals surface area contributed by atoms with Gasteiger partial charge in [-0.2, -0.15) is 0 Å². The van der Waals surface area contributed by atoms with Crippen LogP contribution in [0.25, 0.3) is 0 Å². The monoisotopic (exact) mass is 251 g/mol. The number of H-pyrrole nitrogens is 1. The Labute approximate surface area is 104 Å². The molecular weight excluding hydrogens is 234 g/mol. The summed E-state index contributed by atoms with van der Waals surface area (Å²) in [6.45, 7) is 1.84. The van der Waals surface area contributed by atoms with Crippen molar-refractivity contribution in [2.75, 3.05) is 19.6 Å². The molecule has 1 saturated heterocycles. The van der Waals surface area contributed by atoms with Crippen LogP contribution in [0.1, 0.15) is 23.2 Å². The van der Waals surface area contributed by atoms with Crippen LogP contribution in [-0.2, 0) is 0 Å². The van der Waals surface area contributed by atoms with E-state index in [0.29, 0.717) is 25.6 Å². The minimum atomic E-state index is -0.481. The maximum atomic E-state index is 12.2. The zero-order valence-electron chi connectivity index (χ0n) is 10.1. The highest BCUT2D eigenvalue weighted by molar-refractivity contribution is 5.94. The first kappa shape index (κ1) is 12.6. The molecular formula is C12H17N3O3. The van der Waals surface area contributed by atoms with Gasteiger partial charge in [-0.05, 0) is 25.3 Å². The molecule has 1 amide bonds. The maximum Gasteiger partial charge on any atom is 0.254 e. The second kappa shape index (κ2) is 5.22. The van der Waals surface area contributed by atoms with Crippen molar-refractivity contribution < 1.29 is 9.90 Å². The normalized spacial score (nSPS) is 19.8. The highest BCUT2D eigenvalue weighted by Gasteiger charge is 2.24. The molecule has 0 spiro atoms. The van der Waals surface area contributed by atoms with Gasteiger partial charge in [-0.1, -0.05) is 0 Å². The predicted molar refractivity (Wildman–Crippen MR) is 66.4 cm³/mol. The number of hydrogen-bond acceptors (Lipinski definition) is 4. The number of nitrogens with zero attached hydrogens (tertiary/aromatic N) is 1. The van der Waals surface area contributed by atoms with Gasteiger partial charge < -0.3 is 15.7 Å². The summed E-state index contributed by atoms with van der Waals surface area (Å²) in [5.74, 6) is -0.203. The fraction of sp³-hybridized carbons (Fsp3) is 0.500. The SMILES string of the molecule is NCC1CCCN(C(=O)c2cc(O)[nH]c(=O)c2)C1. The molecule has 1 aliphatic rings. The van der Waals surface area contributed by atoms with E-state index < -0.39 is 5.56 Å². The first-order valence-corrected chi connectivity index (χ1v) is 6.03. The van der Waals surface area contributed by atoms with Crippen molar-refractivity contribution in [3.05, 3.63) is 28.0 Å². The lowest BCUT2D eigenvalue weighted by Crippen LogP contribution is -2.42. The maximum absolute atomic E-state index is 12.2. The van der Waals surface area contributed by atoms with Crippen LogP contribution in [0.15, 0.2) is 16.9 Å². The molecule has 6 nitrogen and oxygen atoms in total. The fourth-order valence-electron chi connectivity index (χ4n) is 2.28. The number of pyridine rings is 1. The molecule has 18 heavy (non-hydrogen) atoms. The van der Waals surface area contributed by atoms with E-state index in [2.05, 4.69) is 4.98 Å². The van der Waals surface area contributed by atoms with Crippen LogP contribution in [0.4, 0.5) is 0 Å². The number of nitrogens with one attached hydrogen (secondary N) is 1. The minimum Gasteiger partial charge on any atom is -0.494 e. The van der Waals surface area contributed by atoms with E-state index in [9.17, 15) is 14.7 Å². The number of piperidine rings is 1. The number of carbonyl (C=O) groups is 1. The van der Waals surface area contributed by atoms with E-state index in [0.717, 1.165) is 12.8 Å². The third-order valence-corrected chi connectivity index (χ3v) is 3.22. The van der Waals surface area contributed by atoms with Crippen molar-refractivity contribution in [2.24, 2.45) is 11.7 Å². The van der Waals surface area contributed by atoms with Gasteiger partial charge in [0.2, 0.25) is 0 Å². The van der Waals surface area contributed by atoms with Crippen LogP contribution in [0.2, 0.25) is 0 Å². The van der Waals surface area contributed by atoms with Crippen LogP contribution in [-0.4, -0.2) is 40.5 Å². The third-order valence-electron chi connectivity index (χ3n) is 3.22. The average molecular weight is 251 g/mol. The Hall–Kier alpha value is -1.82. The lowest BCUT2D eigenvalue weighted by atomic mass is 9.98. The number of aromatic hydroxyl groups is 1. The molecule has 0 radical (unpaired) electrons. The van der Waals surface area contributed by atoms with Crippen molar-refractivity contribution >= 4 is 5.91 Å². The van der Waals surface area contributed by atoms with Gasteiger partial charge in [0, 0.05) is 25.2 Å². The van der Waals surface area contributed by atoms with E-state index >= 15 is 0 Å². The van der Waals surface area contributed by atoms with E-state index in [1.807, 2.05) is 0 Å². The number of nitrogens with two attached hydrogens (primary N) is 1. The van der Waals surface area contributed by atoms with Gasteiger partial charge in [-0.15, -0.1) is 0 Å². The van der Waals surface area contributed by atoms with Gasteiger partial charge in [0.1, 0.15) is 0 Å². The molecule has 1 aliphatic heterocycles. The molecule has 2 rings (SSSR count). The van der Waals surface area contributed by atoms with E-state index in [-0.39, 0.29) is 17.4 Å². The molecule has 98 valence electrons. The molecule has 0 saturated carbocycles. The second-order valence-corrected chi connectivity index (χ2v) is 4.61. The van der Waals surface area contributed by atoms with Crippen LogP contribution in [0.5, 0.6) is 5.88 Å². The topological polar surface area (TPSA) is 99.4 Å². The molecule has 6 heteroatoms. The van der Waals surface area contributed by atoms with E-state index in [1.165, 1.54) is 12.1 Å². The average Bonchev–Trinajstić information content (AvgIpc) is 2.37. The van der Waals surface area contributed by atoms with Gasteiger partial charge >= 0.3 is 0 Å². The number of aromatic nitrogens is 1. The Morgan fingerprint density at radius 1 is 1.56 bits per heavy atom. The number of rotatable bonds is 2. The Kier molecular flexibility index (Phi) is 3.66. The van der Waals surface area contributed by atoms with Crippen LogP contribution in [0, 0.1) is 5.92 Å². The molecule has 1 fully saturated rings. The third kappa shape index (κ3) is 2.70. The lowest BCUT2D eigenvalue weighted by Gasteiger charge is -2.32. The molecule has 2 heterocycles. The van der Waals surface area contributed by atoms with Crippen molar-refractivity contribution in [3.63, 3.8) is 0 Å². The number of carbonyl (C=O) groups excluding carboxylic acids is 1. The van der Waals surface area contributed by atoms with E-state index in [4.69, 9.17) is 5.73 Å². The summed E-state index contributed by atoms with van der Waals surface area (Å²) >= 11 is 0. The van der Waals surface area contributed by atoms with Gasteiger partial charge in [-0.3, -0.25) is 14.6 Å². The number of likely N-dealkylation sites (tertiary alicyclic amines) is 1. The highest BCUT2D eigenvalue weighted by Crippen LogP contribution is 2.18. The zero-order valence-corrected chi connectivity index (χ0v) is 10.1. The van der Waals surface area contributed by atoms with Crippen LogP contribution in [0.3, 0.4) is 0 Å². The predicted octanol–water partition coefficient (Wildman–Crippen LogP) is -0.109. The summed E-state index contributed by atoms with van der Waals surface area (Å²) in [5, 5.41) is 9.29. The molecule has 0 aliphatic carbocycles. The standard InChI is InChI=1S/C12H17N3O3/c13-6-8-2-1-3-15(7-8)12(18)9-4-10(16)14-11(17)5-9/h4-5,8H,1-3,6-7,13H2,(H2,14,16,17). The van der Waals surface area contributed by atoms with Crippen LogP contribution >= 0.6 is 0 Å². The van der Waals surface area contributed by atoms with Gasteiger partial charge in [-0.25, -0.2) is 0 Å². The Balaban J connectivity index is 2.17. The summed E-state index contributed by atoms with van der Waals surface area (Å²) in [5.41, 5.74) is 5.36. The summed E-state index contributed by atoms with van der Waals surface area (Å²) in [6.07, 6.45) is 1.95. The van der Waals surface area contributed by atoms with Crippen molar-refractivity contribution in [1.29, 1.82) is 0 Å². The number of hydrogen-bond donors (Lipinski definition) is 3. The summed E-state index contributed by atoms with van der Waals surface area (Å²) < 4.78 is 0. The second-order valence-electron chi connectivity index (χ2n) is 4.61. The fourth-order valence-corrected chi connectivity index (χ4v) is 2.28. The molecule has 1 aromatic heterocycles. The molecule has 4 N–H and O–H groups in total. The highest BCUT2D eigenvalue weighted by atomic mass is 16.3. The first-order valence-electron chi connectivity index (χ1n) is 6.03. The molecule has 1 aromatic rings. The zero-order chi connectivity index (χ0) is 13.1. The van der Waals surface area contributed by atoms with Gasteiger partial charge in [0.25, 0.3) is 11.5 Å². The first-order chi connectivity index (χ1) is 8.60. The van der Waals surface area contributed by atoms with Crippen LogP contribution < -0.4 is 11.3 Å². The number of amides is 1. The molecule has 1 unspecified atom stereocenters. The quantitative estimate of drug-likeness (QED) is 0.683. The van der Waals surface area contributed by atoms with Crippen molar-refractivity contribution in [3.8, 4) is 5.88 Å². The summed E-state index contributed by atoms with van der Waals surface area (Å²) in [6, 6.07) is 2.48. The molecule has 0 aromatic carbocycles. The lowest BCUT2D eigenvalue weighted by molar-refractivity contribution is 0.0677.